The van der Waals surface area contributed by atoms with E-state index in [-0.39, 0.29) is 21.1 Å². The number of nitrogens with zero attached hydrogens (tertiary/aromatic N) is 2. The fourth-order valence-electron chi connectivity index (χ4n) is 0.224. The molecule has 0 N–H and O–H groups in total. The van der Waals surface area contributed by atoms with Crippen LogP contribution in [-0.4, -0.2) is 27.2 Å². The molecule has 0 fully saturated rings. The Balaban J connectivity index is -0.0000000194. The maximum Gasteiger partial charge on any atom is 0.281 e. The zero-order chi connectivity index (χ0) is 16.2. The first-order valence-electron chi connectivity index (χ1n) is 4.39. The average Bonchev–Trinajstić information content (AvgIpc) is 2.50. The van der Waals surface area contributed by atoms with Crippen molar-refractivity contribution in [3.8, 4) is 12.1 Å². The molecule has 7 heteroatoms. The van der Waals surface area contributed by atoms with Crippen LogP contribution in [0.5, 0.6) is 0 Å². The maximum absolute atomic E-state index is 7.82. The van der Waals surface area contributed by atoms with E-state index in [9.17, 15) is 0 Å². The first-order valence-corrected chi connectivity index (χ1v) is 4.39. The van der Waals surface area contributed by atoms with E-state index < -0.39 is 0 Å². The van der Waals surface area contributed by atoms with Crippen LogP contribution in [0.2, 0.25) is 0 Å². The summed E-state index contributed by atoms with van der Waals surface area (Å²) in [5.41, 5.74) is 0. The van der Waals surface area contributed by atoms with E-state index in [1.54, 1.807) is 0 Å². The topological polar surface area (TPSA) is 116 Å². The van der Waals surface area contributed by atoms with E-state index in [1.807, 2.05) is 26.0 Å². The van der Waals surface area contributed by atoms with Gasteiger partial charge in [0, 0.05) is 33.9 Å². The molecule has 0 aromatic rings. The van der Waals surface area contributed by atoms with Crippen LogP contribution >= 0.6 is 0 Å². The SMILES string of the molecule is CCCC#N.CCCC#N.[C]=O.[C]=O.[C]=O.[C]=O.[W]. The number of hydrogen-bond donors (Lipinski definition) is 0. The average molecular weight is 434 g/mol. The molecule has 102 valence electrons. The zero-order valence-electron chi connectivity index (χ0n) is 10.8. The van der Waals surface area contributed by atoms with Crippen molar-refractivity contribution in [2.24, 2.45) is 0 Å². The summed E-state index contributed by atoms with van der Waals surface area (Å²) < 4.78 is 0. The Morgan fingerprint density at radius 3 is 0.842 bits per heavy atom. The zero-order valence-corrected chi connectivity index (χ0v) is 13.7. The summed E-state index contributed by atoms with van der Waals surface area (Å²) in [7, 11) is 0. The molecule has 19 heavy (non-hydrogen) atoms. The van der Waals surface area contributed by atoms with Crippen LogP contribution in [0.1, 0.15) is 39.5 Å². The van der Waals surface area contributed by atoms with Gasteiger partial charge < -0.3 is 0 Å². The predicted molar refractivity (Wildman–Crippen MR) is 63.8 cm³/mol. The number of unbranched alkanes of at least 4 members (excludes halogenated alkanes) is 2. The van der Waals surface area contributed by atoms with Crippen molar-refractivity contribution in [2.75, 3.05) is 0 Å². The Bertz CT molecular complexity index is 158. The second-order valence-corrected chi connectivity index (χ2v) is 1.82. The second-order valence-electron chi connectivity index (χ2n) is 1.82. The van der Waals surface area contributed by atoms with Gasteiger partial charge in [-0.25, -0.2) is 0 Å². The minimum absolute atomic E-state index is 0. The van der Waals surface area contributed by atoms with Crippen LogP contribution in [0.25, 0.3) is 0 Å². The summed E-state index contributed by atoms with van der Waals surface area (Å²) in [6.45, 7) is 22.0. The van der Waals surface area contributed by atoms with Gasteiger partial charge in [0.1, 0.15) is 0 Å². The Hall–Kier alpha value is -1.65. The first kappa shape index (κ1) is 43.3. The molecule has 0 aliphatic carbocycles. The van der Waals surface area contributed by atoms with E-state index in [1.165, 1.54) is 0 Å². The van der Waals surface area contributed by atoms with Crippen molar-refractivity contribution in [3.05, 3.63) is 0 Å². The summed E-state index contributed by atoms with van der Waals surface area (Å²) in [5.74, 6) is 0. The van der Waals surface area contributed by atoms with Gasteiger partial charge >= 0.3 is 0 Å². The van der Waals surface area contributed by atoms with Gasteiger partial charge in [0.05, 0.1) is 12.1 Å². The van der Waals surface area contributed by atoms with E-state index in [0.717, 1.165) is 12.8 Å². The van der Waals surface area contributed by atoms with Gasteiger partial charge in [0.15, 0.2) is 0 Å². The smallest absolute Gasteiger partial charge is 0.281 e. The largest absolute Gasteiger partial charge is 0.281 e. The van der Waals surface area contributed by atoms with Crippen molar-refractivity contribution >= 4 is 27.2 Å². The Morgan fingerprint density at radius 1 is 0.684 bits per heavy atom. The molecular formula is C12H14N2O4W. The van der Waals surface area contributed by atoms with Crippen molar-refractivity contribution in [2.45, 2.75) is 39.5 Å². The number of carbonyl (C=O) groups excluding carboxylic acids is 4. The minimum Gasteiger partial charge on any atom is -0.281 e. The second kappa shape index (κ2) is 204. The Labute approximate surface area is 130 Å². The molecule has 0 bridgehead atoms. The molecule has 0 rings (SSSR count). The molecular weight excluding hydrogens is 420 g/mol. The third-order valence-electron chi connectivity index (χ3n) is 0.724. The van der Waals surface area contributed by atoms with Gasteiger partial charge in [0.25, 0.3) is 27.2 Å². The van der Waals surface area contributed by atoms with Gasteiger partial charge in [0.2, 0.25) is 0 Å². The fourth-order valence-corrected chi connectivity index (χ4v) is 0.224. The fraction of sp³-hybridized carbons (Fsp3) is 0.500. The molecule has 0 heterocycles. The monoisotopic (exact) mass is 434 g/mol. The standard InChI is InChI=1S/2C4H7N.4CO.W/c2*1-2-3-4-5;4*1-2;/h2*2-3H2,1H3;;;;;. The van der Waals surface area contributed by atoms with Gasteiger partial charge in [-0.3, -0.25) is 19.2 Å². The van der Waals surface area contributed by atoms with Crippen LogP contribution < -0.4 is 0 Å². The van der Waals surface area contributed by atoms with Crippen LogP contribution in [-0.2, 0) is 40.2 Å². The molecule has 0 aliphatic rings. The van der Waals surface area contributed by atoms with Gasteiger partial charge in [-0.1, -0.05) is 13.8 Å². The molecule has 6 nitrogen and oxygen atoms in total. The van der Waals surface area contributed by atoms with E-state index in [4.69, 9.17) is 29.7 Å². The molecule has 0 unspecified atom stereocenters. The maximum atomic E-state index is 7.82. The molecule has 0 aromatic carbocycles. The molecule has 0 saturated carbocycles. The van der Waals surface area contributed by atoms with Crippen LogP contribution in [0.3, 0.4) is 0 Å². The summed E-state index contributed by atoms with van der Waals surface area (Å²) in [6, 6.07) is 4.03. The Kier molecular flexibility index (Phi) is 464. The molecule has 0 spiro atoms. The normalized spacial score (nSPS) is 4.21. The van der Waals surface area contributed by atoms with E-state index in [2.05, 4.69) is 27.2 Å². The van der Waals surface area contributed by atoms with Crippen LogP contribution in [0.4, 0.5) is 0 Å². The van der Waals surface area contributed by atoms with Crippen molar-refractivity contribution in [1.29, 1.82) is 10.5 Å². The first-order chi connectivity index (χ1) is 8.83. The van der Waals surface area contributed by atoms with Crippen molar-refractivity contribution < 1.29 is 40.2 Å². The summed E-state index contributed by atoms with van der Waals surface area (Å²) >= 11 is 0. The molecule has 0 atom stereocenters. The molecule has 0 aliphatic heterocycles. The predicted octanol–water partition coefficient (Wildman–Crippen LogP) is 1.03. The molecule has 8 radical (unpaired) electrons. The third-order valence-corrected chi connectivity index (χ3v) is 0.724. The van der Waals surface area contributed by atoms with Gasteiger partial charge in [-0.2, -0.15) is 10.5 Å². The van der Waals surface area contributed by atoms with Crippen molar-refractivity contribution in [3.63, 3.8) is 0 Å². The van der Waals surface area contributed by atoms with Crippen LogP contribution in [0, 0.1) is 22.7 Å². The van der Waals surface area contributed by atoms with Crippen LogP contribution in [0.15, 0.2) is 0 Å². The quantitative estimate of drug-likeness (QED) is 0.641. The van der Waals surface area contributed by atoms with Gasteiger partial charge in [-0.15, -0.1) is 0 Å². The molecule has 0 amide bonds. The molecule has 0 aromatic heterocycles. The summed E-state index contributed by atoms with van der Waals surface area (Å²) in [5, 5.41) is 15.6. The summed E-state index contributed by atoms with van der Waals surface area (Å²) in [6.07, 6.45) is 3.35. The van der Waals surface area contributed by atoms with Gasteiger partial charge in [-0.05, 0) is 12.8 Å². The Morgan fingerprint density at radius 2 is 0.842 bits per heavy atom. The summed E-state index contributed by atoms with van der Waals surface area (Å²) in [4.78, 5) is 30.0. The third kappa shape index (κ3) is 610. The van der Waals surface area contributed by atoms with E-state index in [0.29, 0.717) is 12.8 Å². The molecule has 0 saturated heterocycles. The number of nitriles is 2. The number of hydrogen-bond acceptors (Lipinski definition) is 6. The van der Waals surface area contributed by atoms with E-state index >= 15 is 0 Å². The van der Waals surface area contributed by atoms with Crippen molar-refractivity contribution in [1.82, 2.24) is 0 Å². The number of rotatable bonds is 2. The minimum atomic E-state index is 0.